The standard InChI is InChI=1S/C25H31NO7/c1-6-33-21(28)13-15(2)26-20(27)12-11-17-7-9-18(10-8-17)14-19-16(3)22(29)24(31-4)25(32-5)23(19)30/h7-10,15H,6,11-14H2,1-5H3,(H,26,27). The van der Waals surface area contributed by atoms with Gasteiger partial charge in [0.05, 0.1) is 27.2 Å². The maximum absolute atomic E-state index is 12.8. The predicted molar refractivity (Wildman–Crippen MR) is 121 cm³/mol. The van der Waals surface area contributed by atoms with Crippen molar-refractivity contribution in [1.29, 1.82) is 0 Å². The largest absolute Gasteiger partial charge is 0.489 e. The molecule has 0 radical (unpaired) electrons. The van der Waals surface area contributed by atoms with Crippen molar-refractivity contribution in [3.05, 3.63) is 58.1 Å². The van der Waals surface area contributed by atoms with Crippen molar-refractivity contribution in [1.82, 2.24) is 5.32 Å². The topological polar surface area (TPSA) is 108 Å². The van der Waals surface area contributed by atoms with Gasteiger partial charge in [-0.2, -0.15) is 0 Å². The molecule has 0 aromatic heterocycles. The number of ether oxygens (including phenoxy) is 3. The Hall–Kier alpha value is -3.42. The second kappa shape index (κ2) is 12.0. The molecule has 0 spiro atoms. The van der Waals surface area contributed by atoms with Crippen molar-refractivity contribution in [3.8, 4) is 0 Å². The van der Waals surface area contributed by atoms with Gasteiger partial charge in [-0.1, -0.05) is 24.3 Å². The summed E-state index contributed by atoms with van der Waals surface area (Å²) in [7, 11) is 2.66. The highest BCUT2D eigenvalue weighted by atomic mass is 16.5. The SMILES string of the molecule is CCOC(=O)CC(C)NC(=O)CCc1ccc(CC2=C(C)C(=O)C(OC)=C(OC)C2=O)cc1. The number of rotatable bonds is 11. The fourth-order valence-corrected chi connectivity index (χ4v) is 3.56. The zero-order valence-corrected chi connectivity index (χ0v) is 19.8. The van der Waals surface area contributed by atoms with Gasteiger partial charge in [0, 0.05) is 30.0 Å². The van der Waals surface area contributed by atoms with E-state index in [4.69, 9.17) is 14.2 Å². The Morgan fingerprint density at radius 2 is 1.55 bits per heavy atom. The van der Waals surface area contributed by atoms with Gasteiger partial charge in [-0.25, -0.2) is 0 Å². The fraction of sp³-hybridized carbons (Fsp3) is 0.440. The molecule has 1 unspecified atom stereocenters. The average Bonchev–Trinajstić information content (AvgIpc) is 2.78. The third kappa shape index (κ3) is 6.78. The molecule has 2 rings (SSSR count). The van der Waals surface area contributed by atoms with E-state index < -0.39 is 0 Å². The number of hydrogen-bond donors (Lipinski definition) is 1. The molecule has 0 saturated carbocycles. The van der Waals surface area contributed by atoms with E-state index in [0.29, 0.717) is 24.2 Å². The van der Waals surface area contributed by atoms with Crippen LogP contribution < -0.4 is 5.32 Å². The van der Waals surface area contributed by atoms with Crippen LogP contribution in [-0.2, 0) is 46.2 Å². The van der Waals surface area contributed by atoms with Crippen LogP contribution in [0.2, 0.25) is 0 Å². The minimum Gasteiger partial charge on any atom is -0.489 e. The molecule has 0 saturated heterocycles. The number of methoxy groups -OCH3 is 2. The van der Waals surface area contributed by atoms with Crippen molar-refractivity contribution in [2.75, 3.05) is 20.8 Å². The second-order valence-electron chi connectivity index (χ2n) is 7.80. The Kier molecular flexibility index (Phi) is 9.39. The predicted octanol–water partition coefficient (Wildman–Crippen LogP) is 2.59. The molecule has 1 aromatic carbocycles. The summed E-state index contributed by atoms with van der Waals surface area (Å²) in [6, 6.07) is 7.23. The van der Waals surface area contributed by atoms with Crippen molar-refractivity contribution >= 4 is 23.4 Å². The summed E-state index contributed by atoms with van der Waals surface area (Å²) in [4.78, 5) is 48.9. The Balaban J connectivity index is 1.95. The minimum absolute atomic E-state index is 0.0750. The normalized spacial score (nSPS) is 14.8. The fourth-order valence-electron chi connectivity index (χ4n) is 3.56. The number of hydrogen-bond acceptors (Lipinski definition) is 7. The van der Waals surface area contributed by atoms with Gasteiger partial charge in [-0.15, -0.1) is 0 Å². The summed E-state index contributed by atoms with van der Waals surface area (Å²) in [6.07, 6.45) is 1.24. The van der Waals surface area contributed by atoms with Gasteiger partial charge in [-0.05, 0) is 38.3 Å². The lowest BCUT2D eigenvalue weighted by Gasteiger charge is -2.20. The summed E-state index contributed by atoms with van der Waals surface area (Å²) in [5.41, 5.74) is 2.54. The summed E-state index contributed by atoms with van der Waals surface area (Å²) < 4.78 is 15.1. The molecule has 1 aliphatic rings. The number of ketones is 2. The van der Waals surface area contributed by atoms with E-state index in [1.54, 1.807) is 20.8 Å². The second-order valence-corrected chi connectivity index (χ2v) is 7.80. The van der Waals surface area contributed by atoms with Gasteiger partial charge in [0.1, 0.15) is 0 Å². The highest BCUT2D eigenvalue weighted by Crippen LogP contribution is 2.28. The molecule has 0 heterocycles. The molecule has 1 N–H and O–H groups in total. The summed E-state index contributed by atoms with van der Waals surface area (Å²) >= 11 is 0. The molecule has 0 aliphatic heterocycles. The molecule has 8 heteroatoms. The molecule has 33 heavy (non-hydrogen) atoms. The molecular weight excluding hydrogens is 426 g/mol. The number of carbonyl (C=O) groups excluding carboxylic acids is 4. The van der Waals surface area contributed by atoms with E-state index in [9.17, 15) is 19.2 Å². The molecule has 8 nitrogen and oxygen atoms in total. The summed E-state index contributed by atoms with van der Waals surface area (Å²) in [5.74, 6) is -1.35. The van der Waals surface area contributed by atoms with Crippen molar-refractivity contribution in [2.24, 2.45) is 0 Å². The number of esters is 1. The van der Waals surface area contributed by atoms with Crippen molar-refractivity contribution < 1.29 is 33.4 Å². The van der Waals surface area contributed by atoms with Gasteiger partial charge < -0.3 is 19.5 Å². The van der Waals surface area contributed by atoms with E-state index in [0.717, 1.165) is 11.1 Å². The van der Waals surface area contributed by atoms with Crippen LogP contribution in [0.4, 0.5) is 0 Å². The van der Waals surface area contributed by atoms with Crippen LogP contribution in [-0.4, -0.2) is 50.3 Å². The van der Waals surface area contributed by atoms with Crippen LogP contribution >= 0.6 is 0 Å². The van der Waals surface area contributed by atoms with E-state index in [2.05, 4.69) is 5.32 Å². The third-order valence-electron chi connectivity index (χ3n) is 5.32. The minimum atomic E-state index is -0.358. The first kappa shape index (κ1) is 25.8. The molecule has 1 atom stereocenters. The maximum atomic E-state index is 12.8. The maximum Gasteiger partial charge on any atom is 0.307 e. The molecule has 0 bridgehead atoms. The van der Waals surface area contributed by atoms with Crippen molar-refractivity contribution in [2.45, 2.75) is 52.5 Å². The average molecular weight is 458 g/mol. The third-order valence-corrected chi connectivity index (χ3v) is 5.32. The monoisotopic (exact) mass is 457 g/mol. The van der Waals surface area contributed by atoms with E-state index in [-0.39, 0.29) is 60.3 Å². The molecule has 1 amide bonds. The highest BCUT2D eigenvalue weighted by Gasteiger charge is 2.34. The van der Waals surface area contributed by atoms with Gasteiger partial charge in [0.25, 0.3) is 0 Å². The first-order valence-corrected chi connectivity index (χ1v) is 10.9. The van der Waals surface area contributed by atoms with Gasteiger partial charge >= 0.3 is 5.97 Å². The van der Waals surface area contributed by atoms with E-state index in [1.807, 2.05) is 24.3 Å². The molecule has 1 aliphatic carbocycles. The number of allylic oxidation sites excluding steroid dienone is 2. The van der Waals surface area contributed by atoms with Crippen LogP contribution in [0.15, 0.2) is 46.9 Å². The lowest BCUT2D eigenvalue weighted by atomic mass is 9.88. The zero-order chi connectivity index (χ0) is 24.5. The van der Waals surface area contributed by atoms with Gasteiger partial charge in [-0.3, -0.25) is 19.2 Å². The highest BCUT2D eigenvalue weighted by molar-refractivity contribution is 6.23. The summed E-state index contributed by atoms with van der Waals surface area (Å²) in [6.45, 7) is 5.42. The molecule has 1 aromatic rings. The Labute approximate surface area is 194 Å². The van der Waals surface area contributed by atoms with E-state index >= 15 is 0 Å². The smallest absolute Gasteiger partial charge is 0.307 e. The van der Waals surface area contributed by atoms with Crippen LogP contribution in [0.1, 0.15) is 44.7 Å². The number of nitrogens with one attached hydrogen (secondary N) is 1. The molecular formula is C25H31NO7. The lowest BCUT2D eigenvalue weighted by Crippen LogP contribution is -2.34. The van der Waals surface area contributed by atoms with Gasteiger partial charge in [0.15, 0.2) is 0 Å². The van der Waals surface area contributed by atoms with Crippen LogP contribution in [0, 0.1) is 0 Å². The molecule has 0 fully saturated rings. The van der Waals surface area contributed by atoms with Crippen molar-refractivity contribution in [3.63, 3.8) is 0 Å². The number of amides is 1. The number of Topliss-reactive ketones (excluding diaryl/α,β-unsaturated/α-hetero) is 2. The van der Waals surface area contributed by atoms with Crippen LogP contribution in [0.3, 0.4) is 0 Å². The van der Waals surface area contributed by atoms with E-state index in [1.165, 1.54) is 14.2 Å². The zero-order valence-electron chi connectivity index (χ0n) is 19.8. The van der Waals surface area contributed by atoms with Crippen LogP contribution in [0.25, 0.3) is 0 Å². The summed E-state index contributed by atoms with van der Waals surface area (Å²) in [5, 5.41) is 2.80. The van der Waals surface area contributed by atoms with Gasteiger partial charge in [0.2, 0.25) is 29.0 Å². The molecule has 178 valence electrons. The Morgan fingerprint density at radius 1 is 0.970 bits per heavy atom. The quantitative estimate of drug-likeness (QED) is 0.402. The number of carbonyl (C=O) groups is 4. The Morgan fingerprint density at radius 3 is 2.12 bits per heavy atom. The number of aryl methyl sites for hydroxylation is 1. The van der Waals surface area contributed by atoms with Crippen LogP contribution in [0.5, 0.6) is 0 Å². The first-order chi connectivity index (χ1) is 15.7. The lowest BCUT2D eigenvalue weighted by molar-refractivity contribution is -0.143. The first-order valence-electron chi connectivity index (χ1n) is 10.9. The Bertz CT molecular complexity index is 973. The number of benzene rings is 1.